The number of thioether (sulfide) groups is 1. The van der Waals surface area contributed by atoms with Gasteiger partial charge in [-0.2, -0.15) is 13.2 Å². The molecule has 1 aliphatic rings. The van der Waals surface area contributed by atoms with Crippen LogP contribution in [-0.4, -0.2) is 24.4 Å². The van der Waals surface area contributed by atoms with Gasteiger partial charge in [0.15, 0.2) is 5.78 Å². The Balaban J connectivity index is 2.54. The molecular formula is C12H8BrF3O3S. The second-order valence-corrected chi connectivity index (χ2v) is 6.11. The minimum Gasteiger partial charge on any atom is -0.468 e. The van der Waals surface area contributed by atoms with Crippen LogP contribution in [0.3, 0.4) is 0 Å². The highest BCUT2D eigenvalue weighted by atomic mass is 79.9. The molecule has 0 saturated carbocycles. The molecule has 2 atom stereocenters. The first kappa shape index (κ1) is 15.4. The molecule has 108 valence electrons. The van der Waals surface area contributed by atoms with Crippen LogP contribution in [0, 0.1) is 5.92 Å². The Bertz CT molecular complexity index is 574. The van der Waals surface area contributed by atoms with Crippen molar-refractivity contribution in [1.29, 1.82) is 0 Å². The molecule has 0 heterocycles. The molecule has 0 saturated heterocycles. The molecule has 1 aromatic rings. The molecule has 0 aromatic heterocycles. The van der Waals surface area contributed by atoms with Crippen molar-refractivity contribution < 1.29 is 27.5 Å². The van der Waals surface area contributed by atoms with Crippen LogP contribution in [-0.2, 0) is 9.53 Å². The lowest BCUT2D eigenvalue weighted by Gasteiger charge is -2.19. The standard InChI is InChI=1S/C12H8BrF3O3S/c1-19-11(18)8-9(17)5-3-2-4-6(13)7(5)10(8)20-12(14,15)16/h2-4,8,10H,1H3. The van der Waals surface area contributed by atoms with Crippen molar-refractivity contribution >= 4 is 39.4 Å². The predicted molar refractivity (Wildman–Crippen MR) is 70.4 cm³/mol. The highest BCUT2D eigenvalue weighted by Gasteiger charge is 2.50. The van der Waals surface area contributed by atoms with E-state index in [1.807, 2.05) is 0 Å². The average Bonchev–Trinajstić information content (AvgIpc) is 2.61. The second kappa shape index (κ2) is 5.40. The first-order valence-corrected chi connectivity index (χ1v) is 7.08. The Morgan fingerprint density at radius 1 is 1.40 bits per heavy atom. The quantitative estimate of drug-likeness (QED) is 0.589. The Hall–Kier alpha value is -1.02. The summed E-state index contributed by atoms with van der Waals surface area (Å²) in [6.07, 6.45) is 0. The minimum atomic E-state index is -4.56. The van der Waals surface area contributed by atoms with Gasteiger partial charge in [0.05, 0.1) is 12.4 Å². The molecule has 3 nitrogen and oxygen atoms in total. The Kier molecular flexibility index (Phi) is 4.15. The molecule has 1 aromatic carbocycles. The van der Waals surface area contributed by atoms with Crippen LogP contribution in [0.5, 0.6) is 0 Å². The Morgan fingerprint density at radius 2 is 2.05 bits per heavy atom. The number of rotatable bonds is 2. The van der Waals surface area contributed by atoms with Gasteiger partial charge in [-0.15, -0.1) is 0 Å². The largest absolute Gasteiger partial charge is 0.468 e. The monoisotopic (exact) mass is 368 g/mol. The van der Waals surface area contributed by atoms with Crippen molar-refractivity contribution in [3.63, 3.8) is 0 Å². The van der Waals surface area contributed by atoms with Gasteiger partial charge < -0.3 is 4.74 Å². The molecule has 0 N–H and O–H groups in total. The summed E-state index contributed by atoms with van der Waals surface area (Å²) < 4.78 is 42.9. The van der Waals surface area contributed by atoms with Gasteiger partial charge in [0.2, 0.25) is 0 Å². The van der Waals surface area contributed by atoms with Gasteiger partial charge in [-0.25, -0.2) is 0 Å². The summed E-state index contributed by atoms with van der Waals surface area (Å²) in [5.41, 5.74) is -4.25. The van der Waals surface area contributed by atoms with Crippen molar-refractivity contribution in [1.82, 2.24) is 0 Å². The number of alkyl halides is 3. The fraction of sp³-hybridized carbons (Fsp3) is 0.333. The number of hydrogen-bond donors (Lipinski definition) is 0. The van der Waals surface area contributed by atoms with Gasteiger partial charge in [0.25, 0.3) is 0 Å². The number of Topliss-reactive ketones (excluding diaryl/α,β-unsaturated/α-hetero) is 1. The maximum Gasteiger partial charge on any atom is 0.442 e. The van der Waals surface area contributed by atoms with Crippen molar-refractivity contribution in [2.45, 2.75) is 10.8 Å². The number of ether oxygens (including phenoxy) is 1. The normalized spacial score (nSPS) is 21.8. The highest BCUT2D eigenvalue weighted by molar-refractivity contribution is 9.10. The van der Waals surface area contributed by atoms with Gasteiger partial charge in [-0.3, -0.25) is 9.59 Å². The second-order valence-electron chi connectivity index (χ2n) is 4.05. The van der Waals surface area contributed by atoms with E-state index in [1.54, 1.807) is 0 Å². The van der Waals surface area contributed by atoms with Crippen LogP contribution < -0.4 is 0 Å². The fourth-order valence-corrected chi connectivity index (χ4v) is 3.94. The van der Waals surface area contributed by atoms with Gasteiger partial charge in [0.1, 0.15) is 5.92 Å². The molecule has 2 rings (SSSR count). The number of carbonyl (C=O) groups excluding carboxylic acids is 2. The first-order chi connectivity index (χ1) is 9.26. The van der Waals surface area contributed by atoms with Crippen molar-refractivity contribution in [3.8, 4) is 0 Å². The number of carbonyl (C=O) groups is 2. The summed E-state index contributed by atoms with van der Waals surface area (Å²) in [6.45, 7) is 0. The fourth-order valence-electron chi connectivity index (χ4n) is 2.14. The van der Waals surface area contributed by atoms with Crippen LogP contribution in [0.2, 0.25) is 0 Å². The lowest BCUT2D eigenvalue weighted by atomic mass is 10.1. The smallest absolute Gasteiger partial charge is 0.442 e. The Morgan fingerprint density at radius 3 is 2.60 bits per heavy atom. The SMILES string of the molecule is COC(=O)C1C(=O)c2cccc(Br)c2C1SC(F)(F)F. The van der Waals surface area contributed by atoms with Gasteiger partial charge >= 0.3 is 11.5 Å². The summed E-state index contributed by atoms with van der Waals surface area (Å²) in [5, 5.41) is -1.33. The molecular weight excluding hydrogens is 361 g/mol. The van der Waals surface area contributed by atoms with E-state index in [2.05, 4.69) is 20.7 Å². The Labute approximate surface area is 125 Å². The van der Waals surface area contributed by atoms with E-state index in [1.165, 1.54) is 18.2 Å². The molecule has 1 aliphatic carbocycles. The zero-order valence-corrected chi connectivity index (χ0v) is 12.4. The zero-order valence-electron chi connectivity index (χ0n) is 10.0. The van der Waals surface area contributed by atoms with E-state index in [0.717, 1.165) is 7.11 Å². The predicted octanol–water partition coefficient (Wildman–Crippen LogP) is 3.73. The zero-order chi connectivity index (χ0) is 15.1. The number of halogens is 4. The van der Waals surface area contributed by atoms with E-state index < -0.39 is 28.4 Å². The maximum absolute atomic E-state index is 12.7. The number of esters is 1. The van der Waals surface area contributed by atoms with E-state index in [9.17, 15) is 22.8 Å². The highest BCUT2D eigenvalue weighted by Crippen LogP contribution is 2.53. The van der Waals surface area contributed by atoms with Crippen molar-refractivity contribution in [3.05, 3.63) is 33.8 Å². The molecule has 2 unspecified atom stereocenters. The van der Waals surface area contributed by atoms with Crippen LogP contribution in [0.25, 0.3) is 0 Å². The summed E-state index contributed by atoms with van der Waals surface area (Å²) in [7, 11) is 1.04. The summed E-state index contributed by atoms with van der Waals surface area (Å²) >= 11 is 2.76. The molecule has 20 heavy (non-hydrogen) atoms. The third-order valence-corrected chi connectivity index (χ3v) is 4.62. The topological polar surface area (TPSA) is 43.4 Å². The number of benzene rings is 1. The van der Waals surface area contributed by atoms with E-state index in [0.29, 0.717) is 4.47 Å². The van der Waals surface area contributed by atoms with Gasteiger partial charge in [0, 0.05) is 10.0 Å². The van der Waals surface area contributed by atoms with Gasteiger partial charge in [-0.05, 0) is 23.4 Å². The molecule has 0 fully saturated rings. The number of methoxy groups -OCH3 is 1. The molecule has 0 spiro atoms. The van der Waals surface area contributed by atoms with Crippen LogP contribution in [0.15, 0.2) is 22.7 Å². The van der Waals surface area contributed by atoms with Crippen LogP contribution in [0.4, 0.5) is 13.2 Å². The third kappa shape index (κ3) is 2.71. The van der Waals surface area contributed by atoms with Gasteiger partial charge in [-0.1, -0.05) is 28.1 Å². The summed E-state index contributed by atoms with van der Waals surface area (Å²) in [5.74, 6) is -3.07. The molecule has 0 bridgehead atoms. The van der Waals surface area contributed by atoms with Crippen LogP contribution >= 0.6 is 27.7 Å². The van der Waals surface area contributed by atoms with E-state index in [4.69, 9.17) is 0 Å². The molecule has 0 radical (unpaired) electrons. The number of ketones is 1. The minimum absolute atomic E-state index is 0.122. The van der Waals surface area contributed by atoms with Crippen LogP contribution in [0.1, 0.15) is 21.2 Å². The number of fused-ring (bicyclic) bond motifs is 1. The lowest BCUT2D eigenvalue weighted by molar-refractivity contribution is -0.143. The summed E-state index contributed by atoms with van der Waals surface area (Å²) in [6, 6.07) is 4.49. The molecule has 0 aliphatic heterocycles. The van der Waals surface area contributed by atoms with Crippen molar-refractivity contribution in [2.24, 2.45) is 5.92 Å². The van der Waals surface area contributed by atoms with E-state index >= 15 is 0 Å². The number of hydrogen-bond acceptors (Lipinski definition) is 4. The molecule has 8 heteroatoms. The molecule has 0 amide bonds. The summed E-state index contributed by atoms with van der Waals surface area (Å²) in [4.78, 5) is 23.8. The third-order valence-electron chi connectivity index (χ3n) is 2.90. The average molecular weight is 369 g/mol. The maximum atomic E-state index is 12.7. The van der Waals surface area contributed by atoms with Crippen molar-refractivity contribution in [2.75, 3.05) is 7.11 Å². The van der Waals surface area contributed by atoms with E-state index in [-0.39, 0.29) is 22.9 Å². The first-order valence-electron chi connectivity index (χ1n) is 5.41. The lowest BCUT2D eigenvalue weighted by Crippen LogP contribution is -2.25.